The molecule has 0 aromatic heterocycles. The van der Waals surface area contributed by atoms with E-state index in [0.29, 0.717) is 0 Å². The van der Waals surface area contributed by atoms with Crippen molar-refractivity contribution in [3.63, 3.8) is 0 Å². The van der Waals surface area contributed by atoms with Gasteiger partial charge in [0.05, 0.1) is 6.10 Å². The van der Waals surface area contributed by atoms with Crippen molar-refractivity contribution in [2.75, 3.05) is 6.61 Å². The third kappa shape index (κ3) is 5.88. The summed E-state index contributed by atoms with van der Waals surface area (Å²) in [5, 5.41) is 0. The molecular formula is C16H25O. The van der Waals surface area contributed by atoms with Crippen LogP contribution in [-0.2, 0) is 4.74 Å². The fourth-order valence-corrected chi connectivity index (χ4v) is 1.96. The van der Waals surface area contributed by atoms with Gasteiger partial charge in [0.1, 0.15) is 0 Å². The van der Waals surface area contributed by atoms with E-state index in [1.165, 1.54) is 24.8 Å². The molecule has 1 rings (SSSR count). The molecule has 0 aliphatic heterocycles. The van der Waals surface area contributed by atoms with Crippen LogP contribution in [0.25, 0.3) is 0 Å². The van der Waals surface area contributed by atoms with Gasteiger partial charge >= 0.3 is 0 Å². The van der Waals surface area contributed by atoms with Crippen molar-refractivity contribution in [1.29, 1.82) is 0 Å². The van der Waals surface area contributed by atoms with E-state index in [0.717, 1.165) is 25.9 Å². The second kappa shape index (κ2) is 9.23. The summed E-state index contributed by atoms with van der Waals surface area (Å²) >= 11 is 0. The first kappa shape index (κ1) is 14.2. The van der Waals surface area contributed by atoms with Gasteiger partial charge < -0.3 is 4.74 Å². The summed E-state index contributed by atoms with van der Waals surface area (Å²) in [4.78, 5) is 0. The van der Waals surface area contributed by atoms with Gasteiger partial charge in [-0.05, 0) is 18.4 Å². The molecule has 0 bridgehead atoms. The van der Waals surface area contributed by atoms with E-state index in [1.54, 1.807) is 0 Å². The molecule has 0 saturated heterocycles. The zero-order chi connectivity index (χ0) is 12.3. The minimum absolute atomic E-state index is 0.279. The number of hydrogen-bond donors (Lipinski definition) is 0. The summed E-state index contributed by atoms with van der Waals surface area (Å²) in [5.74, 6) is 0. The second-order valence-electron chi connectivity index (χ2n) is 4.47. The lowest BCUT2D eigenvalue weighted by atomic mass is 10.1. The van der Waals surface area contributed by atoms with Crippen LogP contribution in [0.2, 0.25) is 0 Å². The molecule has 0 aliphatic carbocycles. The summed E-state index contributed by atoms with van der Waals surface area (Å²) in [5.41, 5.74) is 1.31. The van der Waals surface area contributed by atoms with Gasteiger partial charge in [-0.25, -0.2) is 0 Å². The van der Waals surface area contributed by atoms with Gasteiger partial charge in [0.15, 0.2) is 0 Å². The Hall–Kier alpha value is -0.820. The maximum absolute atomic E-state index is 5.99. The Kier molecular flexibility index (Phi) is 7.74. The maximum Gasteiger partial charge on any atom is 0.0824 e. The largest absolute Gasteiger partial charge is 0.374 e. The average molecular weight is 233 g/mol. The minimum atomic E-state index is 0.279. The van der Waals surface area contributed by atoms with E-state index >= 15 is 0 Å². The van der Waals surface area contributed by atoms with E-state index in [1.807, 2.05) is 0 Å². The molecule has 1 aromatic carbocycles. The van der Waals surface area contributed by atoms with Crippen molar-refractivity contribution in [3.05, 3.63) is 42.8 Å². The molecule has 17 heavy (non-hydrogen) atoms. The molecule has 1 radical (unpaired) electrons. The van der Waals surface area contributed by atoms with Gasteiger partial charge in [-0.2, -0.15) is 0 Å². The Morgan fingerprint density at radius 1 is 1.12 bits per heavy atom. The summed E-state index contributed by atoms with van der Waals surface area (Å²) in [6.45, 7) is 6.94. The number of unbranched alkanes of at least 4 members (excludes halogenated alkanes) is 3. The molecule has 0 heterocycles. The predicted octanol–water partition coefficient (Wildman–Crippen LogP) is 4.94. The van der Waals surface area contributed by atoms with Crippen molar-refractivity contribution in [3.8, 4) is 0 Å². The van der Waals surface area contributed by atoms with Crippen LogP contribution in [0.3, 0.4) is 0 Å². The average Bonchev–Trinajstić information content (AvgIpc) is 2.38. The van der Waals surface area contributed by atoms with Crippen LogP contribution in [0.4, 0.5) is 0 Å². The fraction of sp³-hybridized carbons (Fsp3) is 0.562. The van der Waals surface area contributed by atoms with Crippen molar-refractivity contribution in [1.82, 2.24) is 0 Å². The van der Waals surface area contributed by atoms with Gasteiger partial charge in [-0.1, -0.05) is 69.9 Å². The van der Waals surface area contributed by atoms with Crippen LogP contribution in [0, 0.1) is 6.92 Å². The van der Waals surface area contributed by atoms with E-state index in [4.69, 9.17) is 4.74 Å². The van der Waals surface area contributed by atoms with Gasteiger partial charge in [0, 0.05) is 6.61 Å². The van der Waals surface area contributed by atoms with Crippen LogP contribution < -0.4 is 0 Å². The smallest absolute Gasteiger partial charge is 0.0824 e. The molecular weight excluding hydrogens is 208 g/mol. The summed E-state index contributed by atoms with van der Waals surface area (Å²) in [6, 6.07) is 10.6. The first-order valence-corrected chi connectivity index (χ1v) is 6.84. The molecule has 0 fully saturated rings. The van der Waals surface area contributed by atoms with Crippen molar-refractivity contribution < 1.29 is 4.74 Å². The summed E-state index contributed by atoms with van der Waals surface area (Å²) in [6.07, 6.45) is 7.20. The topological polar surface area (TPSA) is 9.23 Å². The Labute approximate surface area is 106 Å². The van der Waals surface area contributed by atoms with E-state index in [-0.39, 0.29) is 6.10 Å². The van der Waals surface area contributed by atoms with Crippen molar-refractivity contribution in [2.45, 2.75) is 51.6 Å². The third-order valence-corrected chi connectivity index (χ3v) is 2.94. The molecule has 95 valence electrons. The summed E-state index contributed by atoms with van der Waals surface area (Å²) < 4.78 is 5.99. The van der Waals surface area contributed by atoms with Gasteiger partial charge in [0.2, 0.25) is 0 Å². The Bertz CT molecular complexity index is 268. The number of hydrogen-bond acceptors (Lipinski definition) is 1. The van der Waals surface area contributed by atoms with E-state index in [9.17, 15) is 0 Å². The first-order chi connectivity index (χ1) is 8.38. The minimum Gasteiger partial charge on any atom is -0.374 e. The molecule has 1 aromatic rings. The molecule has 0 amide bonds. The summed E-state index contributed by atoms with van der Waals surface area (Å²) in [7, 11) is 0. The van der Waals surface area contributed by atoms with Crippen molar-refractivity contribution in [2.24, 2.45) is 0 Å². The predicted molar refractivity (Wildman–Crippen MR) is 73.9 cm³/mol. The lowest BCUT2D eigenvalue weighted by Gasteiger charge is -2.17. The van der Waals surface area contributed by atoms with Crippen LogP contribution >= 0.6 is 0 Å². The molecule has 0 aliphatic rings. The number of ether oxygens (including phenoxy) is 1. The first-order valence-electron chi connectivity index (χ1n) is 6.84. The van der Waals surface area contributed by atoms with Crippen LogP contribution in [0.15, 0.2) is 30.3 Å². The third-order valence-electron chi connectivity index (χ3n) is 2.94. The van der Waals surface area contributed by atoms with E-state index < -0.39 is 0 Å². The molecule has 1 heteroatoms. The van der Waals surface area contributed by atoms with Gasteiger partial charge in [-0.15, -0.1) is 0 Å². The fourth-order valence-electron chi connectivity index (χ4n) is 1.96. The Balaban J connectivity index is 2.33. The molecule has 0 saturated carbocycles. The highest BCUT2D eigenvalue weighted by Gasteiger charge is 2.09. The highest BCUT2D eigenvalue weighted by molar-refractivity contribution is 5.17. The number of benzene rings is 1. The van der Waals surface area contributed by atoms with E-state index in [2.05, 4.69) is 44.2 Å². The molecule has 0 spiro atoms. The highest BCUT2D eigenvalue weighted by atomic mass is 16.5. The molecule has 1 atom stereocenters. The highest BCUT2D eigenvalue weighted by Crippen LogP contribution is 2.22. The SMILES string of the molecule is [CH2]CCCCCOC(CCC)c1ccccc1. The zero-order valence-electron chi connectivity index (χ0n) is 11.0. The maximum atomic E-state index is 5.99. The normalized spacial score (nSPS) is 12.6. The van der Waals surface area contributed by atoms with Gasteiger partial charge in [0.25, 0.3) is 0 Å². The zero-order valence-corrected chi connectivity index (χ0v) is 11.0. The lowest BCUT2D eigenvalue weighted by molar-refractivity contribution is 0.0435. The standard InChI is InChI=1S/C16H25O/c1-3-5-6-10-14-17-16(11-4-2)15-12-8-7-9-13-15/h7-9,12-13,16H,1,3-6,10-11,14H2,2H3. The van der Waals surface area contributed by atoms with Gasteiger partial charge in [-0.3, -0.25) is 0 Å². The molecule has 1 unspecified atom stereocenters. The van der Waals surface area contributed by atoms with Crippen LogP contribution in [0.1, 0.15) is 57.1 Å². The Morgan fingerprint density at radius 2 is 1.88 bits per heavy atom. The number of rotatable bonds is 9. The Morgan fingerprint density at radius 3 is 2.53 bits per heavy atom. The molecule has 0 N–H and O–H groups in total. The lowest BCUT2D eigenvalue weighted by Crippen LogP contribution is -2.05. The van der Waals surface area contributed by atoms with Crippen LogP contribution in [-0.4, -0.2) is 6.61 Å². The quantitative estimate of drug-likeness (QED) is 0.549. The van der Waals surface area contributed by atoms with Crippen LogP contribution in [0.5, 0.6) is 0 Å². The monoisotopic (exact) mass is 233 g/mol. The second-order valence-corrected chi connectivity index (χ2v) is 4.47. The van der Waals surface area contributed by atoms with Crippen molar-refractivity contribution >= 4 is 0 Å². The molecule has 1 nitrogen and oxygen atoms in total.